The molecule has 6 nitrogen and oxygen atoms in total. The Morgan fingerprint density at radius 2 is 1.97 bits per heavy atom. The molecule has 0 spiro atoms. The molecule has 0 radical (unpaired) electrons. The predicted octanol–water partition coefficient (Wildman–Crippen LogP) is 4.92. The normalized spacial score (nSPS) is 32.2. The number of hydrogen-bond acceptors (Lipinski definition) is 6. The fourth-order valence-corrected chi connectivity index (χ4v) is 6.51. The second-order valence-corrected chi connectivity index (χ2v) is 9.49. The predicted molar refractivity (Wildman–Crippen MR) is 121 cm³/mol. The average molecular weight is 445 g/mol. The van der Waals surface area contributed by atoms with Crippen molar-refractivity contribution in [3.63, 3.8) is 0 Å². The van der Waals surface area contributed by atoms with Crippen LogP contribution in [0, 0.1) is 17.3 Å². The lowest BCUT2D eigenvalue weighted by molar-refractivity contribution is -0.137. The van der Waals surface area contributed by atoms with Crippen molar-refractivity contribution in [1.82, 2.24) is 0 Å². The van der Waals surface area contributed by atoms with Crippen molar-refractivity contribution in [1.29, 1.82) is 0 Å². The second-order valence-electron chi connectivity index (χ2n) is 9.49. The van der Waals surface area contributed by atoms with Crippen molar-refractivity contribution in [3.8, 4) is 5.75 Å². The summed E-state index contributed by atoms with van der Waals surface area (Å²) in [7, 11) is 3.29. The van der Waals surface area contributed by atoms with Crippen LogP contribution in [0.4, 0.5) is 0 Å². The van der Waals surface area contributed by atoms with Crippen LogP contribution in [-0.4, -0.2) is 46.5 Å². The van der Waals surface area contributed by atoms with E-state index in [1.165, 1.54) is 5.56 Å². The molecule has 0 N–H and O–H groups in total. The van der Waals surface area contributed by atoms with E-state index in [0.717, 1.165) is 49.0 Å². The first-order valence-electron chi connectivity index (χ1n) is 11.8. The van der Waals surface area contributed by atoms with Crippen LogP contribution in [0.5, 0.6) is 5.75 Å². The molecule has 0 amide bonds. The monoisotopic (exact) mass is 444 g/mol. The Morgan fingerprint density at radius 3 is 2.72 bits per heavy atom. The maximum absolute atomic E-state index is 12.4. The zero-order valence-corrected chi connectivity index (χ0v) is 19.7. The number of carbonyl (C=O) groups excluding carboxylic acids is 1. The highest BCUT2D eigenvalue weighted by Gasteiger charge is 2.55. The van der Waals surface area contributed by atoms with Crippen LogP contribution in [0.3, 0.4) is 0 Å². The Morgan fingerprint density at radius 1 is 1.16 bits per heavy atom. The lowest BCUT2D eigenvalue weighted by atomic mass is 9.54. The molecule has 6 heteroatoms. The molecule has 0 heterocycles. The van der Waals surface area contributed by atoms with Gasteiger partial charge in [-0.05, 0) is 91.0 Å². The smallest absolute Gasteiger partial charge is 0.331 e. The molecule has 32 heavy (non-hydrogen) atoms. The third-order valence-corrected chi connectivity index (χ3v) is 7.89. The van der Waals surface area contributed by atoms with Crippen LogP contribution in [0.25, 0.3) is 5.57 Å². The number of carbonyl (C=O) groups is 1. The number of rotatable bonds is 8. The summed E-state index contributed by atoms with van der Waals surface area (Å²) >= 11 is 0. The van der Waals surface area contributed by atoms with Gasteiger partial charge in [-0.1, -0.05) is 13.0 Å². The molecular weight excluding hydrogens is 408 g/mol. The fourth-order valence-electron chi connectivity index (χ4n) is 6.51. The van der Waals surface area contributed by atoms with E-state index >= 15 is 0 Å². The van der Waals surface area contributed by atoms with E-state index in [1.54, 1.807) is 20.3 Å². The first kappa shape index (κ1) is 23.3. The van der Waals surface area contributed by atoms with Crippen molar-refractivity contribution < 1.29 is 28.5 Å². The van der Waals surface area contributed by atoms with Gasteiger partial charge in [0.25, 0.3) is 0 Å². The largest absolute Gasteiger partial charge is 0.468 e. The van der Waals surface area contributed by atoms with Gasteiger partial charge in [0.1, 0.15) is 12.5 Å². The first-order valence-corrected chi connectivity index (χ1v) is 11.8. The SMILES string of the molecule is CCOC(=O)/C=C1\C[C@@H]2[C@H](CC[C@]3(C)[C@@H](OCOC)CC[C@@H]23)c2ccc(OCOC)cc21. The maximum atomic E-state index is 12.4. The summed E-state index contributed by atoms with van der Waals surface area (Å²) in [4.78, 5) is 12.4. The zero-order valence-electron chi connectivity index (χ0n) is 19.7. The van der Waals surface area contributed by atoms with E-state index in [1.807, 2.05) is 13.0 Å². The third kappa shape index (κ3) is 4.33. The van der Waals surface area contributed by atoms with E-state index in [0.29, 0.717) is 31.2 Å². The van der Waals surface area contributed by atoms with E-state index in [4.69, 9.17) is 23.7 Å². The molecule has 4 rings (SSSR count). The summed E-state index contributed by atoms with van der Waals surface area (Å²) in [5, 5.41) is 0. The summed E-state index contributed by atoms with van der Waals surface area (Å²) in [5.41, 5.74) is 3.63. The van der Waals surface area contributed by atoms with Crippen molar-refractivity contribution in [3.05, 3.63) is 35.4 Å². The van der Waals surface area contributed by atoms with Gasteiger partial charge in [-0.2, -0.15) is 0 Å². The van der Waals surface area contributed by atoms with Crippen LogP contribution in [0.2, 0.25) is 0 Å². The molecule has 0 unspecified atom stereocenters. The minimum absolute atomic E-state index is 0.147. The molecule has 5 atom stereocenters. The summed E-state index contributed by atoms with van der Waals surface area (Å²) in [6.07, 6.45) is 7.30. The Balaban J connectivity index is 1.68. The van der Waals surface area contributed by atoms with Gasteiger partial charge < -0.3 is 23.7 Å². The van der Waals surface area contributed by atoms with Crippen molar-refractivity contribution in [2.24, 2.45) is 17.3 Å². The highest BCUT2D eigenvalue weighted by molar-refractivity contribution is 5.92. The number of methoxy groups -OCH3 is 2. The van der Waals surface area contributed by atoms with E-state index in [-0.39, 0.29) is 24.3 Å². The van der Waals surface area contributed by atoms with Crippen LogP contribution in [0.1, 0.15) is 63.0 Å². The van der Waals surface area contributed by atoms with Gasteiger partial charge in [0.2, 0.25) is 0 Å². The number of allylic oxidation sites excluding steroid dienone is 1. The molecule has 0 aliphatic heterocycles. The van der Waals surface area contributed by atoms with Gasteiger partial charge in [-0.3, -0.25) is 0 Å². The lowest BCUT2D eigenvalue weighted by Crippen LogP contribution is -2.44. The Bertz CT molecular complexity index is 849. The van der Waals surface area contributed by atoms with Gasteiger partial charge in [0.15, 0.2) is 6.79 Å². The van der Waals surface area contributed by atoms with Crippen molar-refractivity contribution in [2.45, 2.75) is 58.0 Å². The minimum atomic E-state index is -0.276. The van der Waals surface area contributed by atoms with E-state index < -0.39 is 0 Å². The fraction of sp³-hybridized carbons (Fsp3) is 0.654. The molecule has 1 aromatic carbocycles. The number of esters is 1. The van der Waals surface area contributed by atoms with E-state index in [2.05, 4.69) is 19.1 Å². The first-order chi connectivity index (χ1) is 15.5. The molecular formula is C26H36O6. The second kappa shape index (κ2) is 9.94. The van der Waals surface area contributed by atoms with Gasteiger partial charge >= 0.3 is 5.97 Å². The summed E-state index contributed by atoms with van der Waals surface area (Å²) in [6.45, 7) is 5.15. The molecule has 3 aliphatic carbocycles. The molecule has 176 valence electrons. The quantitative estimate of drug-likeness (QED) is 0.322. The maximum Gasteiger partial charge on any atom is 0.331 e. The Labute approximate surface area is 191 Å². The molecule has 1 aromatic rings. The summed E-state index contributed by atoms with van der Waals surface area (Å²) in [6, 6.07) is 6.27. The number of benzene rings is 1. The highest BCUT2D eigenvalue weighted by atomic mass is 16.7. The minimum Gasteiger partial charge on any atom is -0.468 e. The highest BCUT2D eigenvalue weighted by Crippen LogP contribution is 2.63. The molecule has 3 aliphatic rings. The van der Waals surface area contributed by atoms with Gasteiger partial charge in [-0.15, -0.1) is 0 Å². The molecule has 0 saturated heterocycles. The lowest BCUT2D eigenvalue weighted by Gasteiger charge is -2.51. The Kier molecular flexibility index (Phi) is 7.23. The number of ether oxygens (including phenoxy) is 5. The molecule has 0 bridgehead atoms. The molecule has 2 fully saturated rings. The summed E-state index contributed by atoms with van der Waals surface area (Å²) < 4.78 is 27.3. The van der Waals surface area contributed by atoms with Crippen LogP contribution >= 0.6 is 0 Å². The van der Waals surface area contributed by atoms with Crippen LogP contribution < -0.4 is 4.74 Å². The zero-order chi connectivity index (χ0) is 22.7. The van der Waals surface area contributed by atoms with Gasteiger partial charge in [0.05, 0.1) is 12.7 Å². The topological polar surface area (TPSA) is 63.2 Å². The Hall–Kier alpha value is -1.89. The average Bonchev–Trinajstić information content (AvgIpc) is 3.12. The molecule has 2 saturated carbocycles. The van der Waals surface area contributed by atoms with Crippen molar-refractivity contribution >= 4 is 11.5 Å². The standard InChI is InChI=1S/C26H36O6/c1-5-30-25(27)13-17-12-22-20(19-7-6-18(14-21(17)19)31-15-28-3)10-11-26(2)23(22)8-9-24(26)32-16-29-4/h6-7,13-14,20,22-24H,5,8-12,15-16H2,1-4H3/b17-13+/t20-,22-,23+,24+,26+/m1/s1. The van der Waals surface area contributed by atoms with E-state index in [9.17, 15) is 4.79 Å². The third-order valence-electron chi connectivity index (χ3n) is 7.89. The van der Waals surface area contributed by atoms with Crippen molar-refractivity contribution in [2.75, 3.05) is 34.4 Å². The number of fused-ring (bicyclic) bond motifs is 5. The van der Waals surface area contributed by atoms with Crippen LogP contribution in [0.15, 0.2) is 24.3 Å². The summed E-state index contributed by atoms with van der Waals surface area (Å²) in [5.74, 6) is 2.02. The van der Waals surface area contributed by atoms with Gasteiger partial charge in [-0.25, -0.2) is 4.79 Å². The molecule has 0 aromatic heterocycles. The van der Waals surface area contributed by atoms with Crippen LogP contribution in [-0.2, 0) is 23.7 Å². The number of hydrogen-bond donors (Lipinski definition) is 0. The van der Waals surface area contributed by atoms with Gasteiger partial charge in [0, 0.05) is 20.3 Å².